The van der Waals surface area contributed by atoms with Gasteiger partial charge in [0.1, 0.15) is 35.4 Å². The van der Waals surface area contributed by atoms with Crippen molar-refractivity contribution in [3.05, 3.63) is 71.5 Å². The van der Waals surface area contributed by atoms with Crippen LogP contribution in [-0.4, -0.2) is 69.9 Å². The smallest absolute Gasteiger partial charge is 0.408 e. The molecule has 1 aliphatic heterocycles. The molecule has 0 spiro atoms. The van der Waals surface area contributed by atoms with E-state index in [1.807, 2.05) is 36.4 Å². The standard InChI is InChI=1S/C29H36N6O7/c1-29(2,3)42-27(37)30-14-21-15-31-35(33-21)17-23-25(32-28(38)41-18-19-9-7-6-8-10-19)26(36)34(23)16-20-11-12-22(39-4)13-24(20)40-5/h6-13,15,23,25H,14,16-18H2,1-5H3,(H,30,37)(H,32,38)/t23-,25+/m1/s1. The van der Waals surface area contributed by atoms with Crippen molar-refractivity contribution < 1.29 is 33.3 Å². The van der Waals surface area contributed by atoms with E-state index in [-0.39, 0.29) is 32.1 Å². The Balaban J connectivity index is 1.45. The lowest BCUT2D eigenvalue weighted by Gasteiger charge is -2.46. The number of nitrogens with zero attached hydrogens (tertiary/aromatic N) is 4. The number of hydrogen-bond acceptors (Lipinski definition) is 9. The number of nitrogens with one attached hydrogen (secondary N) is 2. The molecule has 1 fully saturated rings. The highest BCUT2D eigenvalue weighted by atomic mass is 16.6. The molecule has 13 heteroatoms. The number of aromatic nitrogens is 3. The maximum Gasteiger partial charge on any atom is 0.408 e. The Morgan fingerprint density at radius 2 is 1.79 bits per heavy atom. The molecule has 1 aliphatic rings. The lowest BCUT2D eigenvalue weighted by molar-refractivity contribution is -0.153. The first-order valence-electron chi connectivity index (χ1n) is 13.4. The Bertz CT molecular complexity index is 1390. The molecule has 4 rings (SSSR count). The van der Waals surface area contributed by atoms with E-state index in [0.29, 0.717) is 17.2 Å². The van der Waals surface area contributed by atoms with E-state index >= 15 is 0 Å². The van der Waals surface area contributed by atoms with E-state index in [4.69, 9.17) is 18.9 Å². The van der Waals surface area contributed by atoms with E-state index in [9.17, 15) is 14.4 Å². The summed E-state index contributed by atoms with van der Waals surface area (Å²) in [6.45, 7) is 5.91. The molecule has 2 heterocycles. The van der Waals surface area contributed by atoms with Crippen LogP contribution in [0.4, 0.5) is 9.59 Å². The van der Waals surface area contributed by atoms with Crippen LogP contribution in [0, 0.1) is 0 Å². The monoisotopic (exact) mass is 580 g/mol. The summed E-state index contributed by atoms with van der Waals surface area (Å²) in [4.78, 5) is 40.9. The first-order valence-corrected chi connectivity index (χ1v) is 13.4. The summed E-state index contributed by atoms with van der Waals surface area (Å²) in [5, 5.41) is 14.1. The third-order valence-electron chi connectivity index (χ3n) is 6.40. The second-order valence-corrected chi connectivity index (χ2v) is 10.6. The number of carbonyl (C=O) groups is 3. The Morgan fingerprint density at radius 1 is 1.02 bits per heavy atom. The van der Waals surface area contributed by atoms with Crippen LogP contribution < -0.4 is 20.1 Å². The van der Waals surface area contributed by atoms with Crippen molar-refractivity contribution in [1.82, 2.24) is 30.5 Å². The number of rotatable bonds is 11. The van der Waals surface area contributed by atoms with Crippen molar-refractivity contribution in [3.63, 3.8) is 0 Å². The molecule has 0 bridgehead atoms. The van der Waals surface area contributed by atoms with Crippen molar-refractivity contribution in [2.24, 2.45) is 0 Å². The van der Waals surface area contributed by atoms with E-state index in [1.165, 1.54) is 11.0 Å². The third-order valence-corrected chi connectivity index (χ3v) is 6.40. The number of β-lactam (4-membered cyclic amide) rings is 1. The molecule has 3 aromatic rings. The average molecular weight is 581 g/mol. The first kappa shape index (κ1) is 30.2. The summed E-state index contributed by atoms with van der Waals surface area (Å²) in [6, 6.07) is 13.3. The van der Waals surface area contributed by atoms with Gasteiger partial charge in [-0.15, -0.1) is 0 Å². The number of carbonyl (C=O) groups excluding carboxylic acids is 3. The summed E-state index contributed by atoms with van der Waals surface area (Å²) in [7, 11) is 3.10. The lowest BCUT2D eigenvalue weighted by Crippen LogP contribution is -2.71. The summed E-state index contributed by atoms with van der Waals surface area (Å²) in [5.41, 5.74) is 1.46. The average Bonchev–Trinajstić information content (AvgIpc) is 3.43. The number of hydrogen-bond donors (Lipinski definition) is 2. The summed E-state index contributed by atoms with van der Waals surface area (Å²) in [6.07, 6.45) is 0.240. The van der Waals surface area contributed by atoms with Gasteiger partial charge in [-0.3, -0.25) is 4.79 Å². The van der Waals surface area contributed by atoms with Crippen molar-refractivity contribution in [3.8, 4) is 11.5 Å². The molecule has 2 N–H and O–H groups in total. The van der Waals surface area contributed by atoms with Crippen LogP contribution in [0.5, 0.6) is 11.5 Å². The number of likely N-dealkylation sites (tertiary alicyclic amines) is 1. The Labute approximate surface area is 244 Å². The highest BCUT2D eigenvalue weighted by Crippen LogP contribution is 2.30. The number of ether oxygens (including phenoxy) is 4. The van der Waals surface area contributed by atoms with Crippen molar-refractivity contribution in [1.29, 1.82) is 0 Å². The van der Waals surface area contributed by atoms with E-state index in [1.54, 1.807) is 52.0 Å². The summed E-state index contributed by atoms with van der Waals surface area (Å²) in [5.74, 6) is 0.900. The van der Waals surface area contributed by atoms with Gasteiger partial charge in [-0.2, -0.15) is 15.0 Å². The van der Waals surface area contributed by atoms with Crippen molar-refractivity contribution >= 4 is 18.1 Å². The van der Waals surface area contributed by atoms with Crippen molar-refractivity contribution in [2.75, 3.05) is 14.2 Å². The van der Waals surface area contributed by atoms with Gasteiger partial charge in [0.25, 0.3) is 0 Å². The molecular weight excluding hydrogens is 544 g/mol. The SMILES string of the molecule is COc1ccc(CN2C(=O)[C@@H](NC(=O)OCc3ccccc3)[C@H]2Cn2ncc(CNC(=O)OC(C)(C)C)n2)c(OC)c1. The molecule has 0 saturated carbocycles. The van der Waals surface area contributed by atoms with Crippen LogP contribution in [-0.2, 0) is 40.5 Å². The predicted molar refractivity (Wildman–Crippen MR) is 151 cm³/mol. The predicted octanol–water partition coefficient (Wildman–Crippen LogP) is 3.03. The van der Waals surface area contributed by atoms with Gasteiger partial charge in [0.2, 0.25) is 5.91 Å². The zero-order valence-corrected chi connectivity index (χ0v) is 24.3. The van der Waals surface area contributed by atoms with Crippen LogP contribution in [0.15, 0.2) is 54.7 Å². The Morgan fingerprint density at radius 3 is 2.48 bits per heavy atom. The van der Waals surface area contributed by atoms with Gasteiger partial charge in [0.05, 0.1) is 39.5 Å². The molecule has 2 atom stereocenters. The van der Waals surface area contributed by atoms with Gasteiger partial charge in [-0.1, -0.05) is 30.3 Å². The van der Waals surface area contributed by atoms with Gasteiger partial charge >= 0.3 is 12.2 Å². The topological polar surface area (TPSA) is 146 Å². The van der Waals surface area contributed by atoms with E-state index in [2.05, 4.69) is 20.8 Å². The minimum absolute atomic E-state index is 0.0692. The fourth-order valence-corrected chi connectivity index (χ4v) is 4.37. The second kappa shape index (κ2) is 13.2. The first-order chi connectivity index (χ1) is 20.1. The Hall–Kier alpha value is -4.81. The van der Waals surface area contributed by atoms with Crippen LogP contribution in [0.2, 0.25) is 0 Å². The highest BCUT2D eigenvalue weighted by molar-refractivity contribution is 5.92. The quantitative estimate of drug-likeness (QED) is 0.327. The molecule has 0 aliphatic carbocycles. The van der Waals surface area contributed by atoms with E-state index in [0.717, 1.165) is 11.1 Å². The van der Waals surface area contributed by atoms with Gasteiger partial charge < -0.3 is 34.5 Å². The molecule has 13 nitrogen and oxygen atoms in total. The molecule has 0 unspecified atom stereocenters. The number of alkyl carbamates (subject to hydrolysis) is 2. The largest absolute Gasteiger partial charge is 0.497 e. The maximum atomic E-state index is 13.3. The fourth-order valence-electron chi connectivity index (χ4n) is 4.37. The normalized spacial score (nSPS) is 16.3. The highest BCUT2D eigenvalue weighted by Gasteiger charge is 2.49. The fraction of sp³-hybridized carbons (Fsp3) is 0.414. The van der Waals surface area contributed by atoms with Gasteiger partial charge in [-0.25, -0.2) is 9.59 Å². The molecule has 0 radical (unpaired) electrons. The lowest BCUT2D eigenvalue weighted by atomic mass is 9.94. The van der Waals surface area contributed by atoms with Crippen LogP contribution >= 0.6 is 0 Å². The molecule has 1 aromatic heterocycles. The minimum atomic E-state index is -0.855. The third kappa shape index (κ3) is 7.89. The molecule has 42 heavy (non-hydrogen) atoms. The van der Waals surface area contributed by atoms with Crippen LogP contribution in [0.1, 0.15) is 37.6 Å². The van der Waals surface area contributed by atoms with Gasteiger partial charge in [-0.05, 0) is 38.5 Å². The summed E-state index contributed by atoms with van der Waals surface area (Å²) < 4.78 is 21.4. The second-order valence-electron chi connectivity index (χ2n) is 10.6. The summed E-state index contributed by atoms with van der Waals surface area (Å²) >= 11 is 0. The molecule has 2 aromatic carbocycles. The number of amides is 3. The van der Waals surface area contributed by atoms with E-state index < -0.39 is 29.9 Å². The zero-order valence-electron chi connectivity index (χ0n) is 24.3. The number of benzene rings is 2. The Kier molecular flexibility index (Phi) is 9.50. The molecule has 224 valence electrons. The molecular formula is C29H36N6O7. The van der Waals surface area contributed by atoms with Gasteiger partial charge in [0, 0.05) is 18.2 Å². The van der Waals surface area contributed by atoms with Crippen LogP contribution in [0.3, 0.4) is 0 Å². The maximum absolute atomic E-state index is 13.3. The molecule has 3 amide bonds. The number of methoxy groups -OCH3 is 2. The molecule has 1 saturated heterocycles. The minimum Gasteiger partial charge on any atom is -0.497 e. The van der Waals surface area contributed by atoms with Crippen molar-refractivity contribution in [2.45, 2.75) is 64.7 Å². The van der Waals surface area contributed by atoms with Crippen LogP contribution in [0.25, 0.3) is 0 Å². The van der Waals surface area contributed by atoms with Gasteiger partial charge in [0.15, 0.2) is 0 Å². The zero-order chi connectivity index (χ0) is 30.3.